The van der Waals surface area contributed by atoms with Crippen LogP contribution in [0.1, 0.15) is 27.2 Å². The Morgan fingerprint density at radius 3 is 2.64 bits per heavy atom. The Bertz CT molecular complexity index is 276. The van der Waals surface area contributed by atoms with Crippen molar-refractivity contribution < 1.29 is 14.3 Å². The highest BCUT2D eigenvalue weighted by Crippen LogP contribution is 2.12. The van der Waals surface area contributed by atoms with Gasteiger partial charge < -0.3 is 4.74 Å². The van der Waals surface area contributed by atoms with Crippen LogP contribution in [0, 0.1) is 0 Å². The van der Waals surface area contributed by atoms with E-state index in [0.717, 1.165) is 0 Å². The molecule has 1 amide bonds. The van der Waals surface area contributed by atoms with E-state index in [4.69, 9.17) is 4.74 Å². The van der Waals surface area contributed by atoms with Gasteiger partial charge in [0.15, 0.2) is 5.78 Å². The van der Waals surface area contributed by atoms with E-state index in [-0.39, 0.29) is 12.3 Å². The first-order chi connectivity index (χ1) is 6.38. The Kier molecular flexibility index (Phi) is 2.93. The molecule has 0 aliphatic carbocycles. The van der Waals surface area contributed by atoms with Gasteiger partial charge in [-0.05, 0) is 20.8 Å². The minimum atomic E-state index is -0.522. The van der Waals surface area contributed by atoms with Gasteiger partial charge in [-0.25, -0.2) is 4.79 Å². The number of carbonyl (C=O) groups excluding carboxylic acids is 2. The quantitative estimate of drug-likeness (QED) is 0.594. The van der Waals surface area contributed by atoms with E-state index in [9.17, 15) is 9.59 Å². The molecule has 0 saturated carbocycles. The summed E-state index contributed by atoms with van der Waals surface area (Å²) in [6.07, 6.45) is 3.19. The van der Waals surface area contributed by atoms with Crippen LogP contribution in [-0.4, -0.2) is 28.9 Å². The molecule has 0 bridgehead atoms. The Balaban J connectivity index is 2.57. The van der Waals surface area contributed by atoms with E-state index in [2.05, 4.69) is 0 Å². The third-order valence-corrected chi connectivity index (χ3v) is 1.61. The summed E-state index contributed by atoms with van der Waals surface area (Å²) in [6, 6.07) is 0. The summed E-state index contributed by atoms with van der Waals surface area (Å²) in [5.41, 5.74) is -0.522. The fraction of sp³-hybridized carbons (Fsp3) is 0.600. The van der Waals surface area contributed by atoms with E-state index >= 15 is 0 Å². The van der Waals surface area contributed by atoms with Gasteiger partial charge in [0.2, 0.25) is 0 Å². The van der Waals surface area contributed by atoms with Gasteiger partial charge in [0.1, 0.15) is 5.60 Å². The van der Waals surface area contributed by atoms with Crippen molar-refractivity contribution in [3.05, 3.63) is 12.3 Å². The maximum atomic E-state index is 11.5. The second kappa shape index (κ2) is 3.82. The number of ketones is 1. The van der Waals surface area contributed by atoms with E-state index in [1.165, 1.54) is 4.90 Å². The molecule has 0 N–H and O–H groups in total. The molecule has 14 heavy (non-hydrogen) atoms. The van der Waals surface area contributed by atoms with Gasteiger partial charge in [-0.1, -0.05) is 6.08 Å². The molecule has 1 rings (SSSR count). The first-order valence-corrected chi connectivity index (χ1v) is 4.56. The Morgan fingerprint density at radius 2 is 2.14 bits per heavy atom. The van der Waals surface area contributed by atoms with Gasteiger partial charge in [0.05, 0.1) is 6.54 Å². The summed E-state index contributed by atoms with van der Waals surface area (Å²) in [5, 5.41) is 0. The van der Waals surface area contributed by atoms with Crippen LogP contribution >= 0.6 is 0 Å². The van der Waals surface area contributed by atoms with Gasteiger partial charge in [-0.15, -0.1) is 0 Å². The first kappa shape index (κ1) is 10.8. The van der Waals surface area contributed by atoms with Crippen molar-refractivity contribution in [3.63, 3.8) is 0 Å². The molecule has 0 aromatic heterocycles. The minimum absolute atomic E-state index is 0.0263. The average molecular weight is 197 g/mol. The average Bonchev–Trinajstić information content (AvgIpc) is 2.01. The molecular weight excluding hydrogens is 182 g/mol. The smallest absolute Gasteiger partial charge is 0.414 e. The van der Waals surface area contributed by atoms with Crippen molar-refractivity contribution in [1.82, 2.24) is 4.90 Å². The lowest BCUT2D eigenvalue weighted by Crippen LogP contribution is -2.37. The summed E-state index contributed by atoms with van der Waals surface area (Å²) >= 11 is 0. The topological polar surface area (TPSA) is 46.6 Å². The zero-order valence-corrected chi connectivity index (χ0v) is 8.74. The number of Topliss-reactive ketones (excluding diaryl/α,β-unsaturated/α-hetero) is 1. The molecule has 78 valence electrons. The lowest BCUT2D eigenvalue weighted by molar-refractivity contribution is -0.119. The van der Waals surface area contributed by atoms with Crippen LogP contribution in [-0.2, 0) is 9.53 Å². The van der Waals surface area contributed by atoms with Crippen LogP contribution in [0.15, 0.2) is 12.3 Å². The maximum Gasteiger partial charge on any atom is 0.414 e. The van der Waals surface area contributed by atoms with Crippen LogP contribution in [0.25, 0.3) is 0 Å². The molecule has 0 atom stereocenters. The molecule has 1 heterocycles. The summed E-state index contributed by atoms with van der Waals surface area (Å²) < 4.78 is 5.11. The molecule has 1 aliphatic heterocycles. The van der Waals surface area contributed by atoms with E-state index in [1.54, 1.807) is 33.0 Å². The van der Waals surface area contributed by atoms with Crippen LogP contribution in [0.3, 0.4) is 0 Å². The van der Waals surface area contributed by atoms with Crippen LogP contribution in [0.4, 0.5) is 4.79 Å². The van der Waals surface area contributed by atoms with Gasteiger partial charge in [-0.2, -0.15) is 0 Å². The third-order valence-electron chi connectivity index (χ3n) is 1.61. The molecule has 0 radical (unpaired) electrons. The van der Waals surface area contributed by atoms with Crippen molar-refractivity contribution in [2.24, 2.45) is 0 Å². The van der Waals surface area contributed by atoms with Crippen molar-refractivity contribution >= 4 is 11.9 Å². The van der Waals surface area contributed by atoms with E-state index in [1.807, 2.05) is 0 Å². The largest absolute Gasteiger partial charge is 0.443 e. The highest BCUT2D eigenvalue weighted by atomic mass is 16.6. The number of hydrogen-bond acceptors (Lipinski definition) is 3. The molecule has 0 saturated heterocycles. The summed E-state index contributed by atoms with van der Waals surface area (Å²) in [7, 11) is 0. The lowest BCUT2D eigenvalue weighted by Gasteiger charge is -2.26. The first-order valence-electron chi connectivity index (χ1n) is 4.56. The van der Waals surface area contributed by atoms with Gasteiger partial charge in [0, 0.05) is 12.6 Å². The van der Waals surface area contributed by atoms with Crippen molar-refractivity contribution in [1.29, 1.82) is 0 Å². The fourth-order valence-corrected chi connectivity index (χ4v) is 1.06. The monoisotopic (exact) mass is 197 g/mol. The van der Waals surface area contributed by atoms with Crippen molar-refractivity contribution in [2.75, 3.05) is 6.54 Å². The zero-order valence-electron chi connectivity index (χ0n) is 8.74. The predicted octanol–water partition coefficient (Wildman–Crippen LogP) is 1.71. The normalized spacial score (nSPS) is 17.1. The summed E-state index contributed by atoms with van der Waals surface area (Å²) in [5.74, 6) is 0.0263. The Hall–Kier alpha value is -1.32. The third kappa shape index (κ3) is 3.20. The number of rotatable bonds is 0. The molecule has 0 aromatic rings. The van der Waals surface area contributed by atoms with E-state index < -0.39 is 11.7 Å². The van der Waals surface area contributed by atoms with Gasteiger partial charge in [-0.3, -0.25) is 9.69 Å². The summed E-state index contributed by atoms with van der Waals surface area (Å²) in [6.45, 7) is 5.49. The number of carbonyl (C=O) groups is 2. The highest BCUT2D eigenvalue weighted by Gasteiger charge is 2.23. The van der Waals surface area contributed by atoms with Crippen molar-refractivity contribution in [2.45, 2.75) is 32.8 Å². The predicted molar refractivity (Wildman–Crippen MR) is 51.7 cm³/mol. The lowest BCUT2D eigenvalue weighted by atomic mass is 10.2. The molecule has 4 heteroatoms. The highest BCUT2D eigenvalue weighted by molar-refractivity contribution is 5.87. The maximum absolute atomic E-state index is 11.5. The summed E-state index contributed by atoms with van der Waals surface area (Å²) in [4.78, 5) is 23.8. The molecule has 4 nitrogen and oxygen atoms in total. The molecule has 0 unspecified atom stereocenters. The van der Waals surface area contributed by atoms with E-state index in [0.29, 0.717) is 6.42 Å². The van der Waals surface area contributed by atoms with Crippen LogP contribution in [0.5, 0.6) is 0 Å². The number of amides is 1. The second-order valence-corrected chi connectivity index (χ2v) is 4.24. The van der Waals surface area contributed by atoms with Gasteiger partial charge >= 0.3 is 6.09 Å². The zero-order chi connectivity index (χ0) is 10.8. The second-order valence-electron chi connectivity index (χ2n) is 4.24. The number of nitrogens with zero attached hydrogens (tertiary/aromatic N) is 1. The molecule has 0 fully saturated rings. The Morgan fingerprint density at radius 1 is 1.50 bits per heavy atom. The van der Waals surface area contributed by atoms with Crippen LogP contribution in [0.2, 0.25) is 0 Å². The molecule has 0 aromatic carbocycles. The van der Waals surface area contributed by atoms with Gasteiger partial charge in [0.25, 0.3) is 0 Å². The van der Waals surface area contributed by atoms with Crippen LogP contribution < -0.4 is 0 Å². The molecule has 1 aliphatic rings. The Labute approximate surface area is 83.5 Å². The molecular formula is C10H15NO3. The SMILES string of the molecule is CC(C)(C)OC(=O)N1C=CCC(=O)C1. The number of hydrogen-bond donors (Lipinski definition) is 0. The molecule has 0 spiro atoms. The van der Waals surface area contributed by atoms with Crippen molar-refractivity contribution in [3.8, 4) is 0 Å². The number of ether oxygens (including phenoxy) is 1. The standard InChI is InChI=1S/C10H15NO3/c1-10(2,3)14-9(13)11-6-4-5-8(12)7-11/h4,6H,5,7H2,1-3H3. The minimum Gasteiger partial charge on any atom is -0.443 e. The fourth-order valence-electron chi connectivity index (χ4n) is 1.06. The number of allylic oxidation sites excluding steroid dienone is 1.